The van der Waals surface area contributed by atoms with E-state index in [2.05, 4.69) is 21.2 Å². The second-order valence-corrected chi connectivity index (χ2v) is 6.49. The molecule has 1 N–H and O–H groups in total. The minimum absolute atomic E-state index is 0.115. The first kappa shape index (κ1) is 16.1. The van der Waals surface area contributed by atoms with Gasteiger partial charge in [0.1, 0.15) is 0 Å². The van der Waals surface area contributed by atoms with Crippen molar-refractivity contribution < 1.29 is 14.3 Å². The Morgan fingerprint density at radius 1 is 1.29 bits per heavy atom. The third kappa shape index (κ3) is 3.90. The number of hydrogen-bond donors (Lipinski definition) is 1. The zero-order chi connectivity index (χ0) is 15.2. The number of rotatable bonds is 5. The van der Waals surface area contributed by atoms with Gasteiger partial charge in [0.2, 0.25) is 0 Å². The van der Waals surface area contributed by atoms with Crippen molar-refractivity contribution in [1.82, 2.24) is 5.32 Å². The van der Waals surface area contributed by atoms with Crippen molar-refractivity contribution in [3.8, 4) is 11.5 Å². The van der Waals surface area contributed by atoms with Gasteiger partial charge in [-0.25, -0.2) is 0 Å². The highest BCUT2D eigenvalue weighted by Crippen LogP contribution is 2.31. The molecule has 1 fully saturated rings. The van der Waals surface area contributed by atoms with Crippen LogP contribution in [-0.2, 0) is 0 Å². The number of carbonyl (C=O) groups is 1. The summed E-state index contributed by atoms with van der Waals surface area (Å²) in [5, 5.41) is 3.02. The first-order chi connectivity index (χ1) is 10.2. The molecule has 1 aliphatic rings. The van der Waals surface area contributed by atoms with Crippen molar-refractivity contribution in [2.75, 3.05) is 20.8 Å². The summed E-state index contributed by atoms with van der Waals surface area (Å²) in [6.45, 7) is 0.690. The van der Waals surface area contributed by atoms with Crippen LogP contribution in [0.25, 0.3) is 0 Å². The zero-order valence-electron chi connectivity index (χ0n) is 12.5. The number of benzene rings is 1. The summed E-state index contributed by atoms with van der Waals surface area (Å²) in [6.07, 6.45) is 4.85. The van der Waals surface area contributed by atoms with Gasteiger partial charge in [0, 0.05) is 11.4 Å². The van der Waals surface area contributed by atoms with Gasteiger partial charge in [0.25, 0.3) is 5.91 Å². The topological polar surface area (TPSA) is 47.6 Å². The van der Waals surface area contributed by atoms with E-state index in [1.807, 2.05) is 0 Å². The highest BCUT2D eigenvalue weighted by molar-refractivity contribution is 9.09. The molecule has 4 nitrogen and oxygen atoms in total. The largest absolute Gasteiger partial charge is 0.493 e. The minimum atomic E-state index is -0.115. The molecule has 21 heavy (non-hydrogen) atoms. The van der Waals surface area contributed by atoms with E-state index >= 15 is 0 Å². The third-order valence-electron chi connectivity index (χ3n) is 3.99. The normalized spacial score (nSPS) is 21.7. The number of halogens is 1. The van der Waals surface area contributed by atoms with Crippen LogP contribution in [0.3, 0.4) is 0 Å². The monoisotopic (exact) mass is 355 g/mol. The SMILES string of the molecule is COc1cccc(C(=O)NCC2CCCCC2Br)c1OC. The Morgan fingerprint density at radius 2 is 2.05 bits per heavy atom. The van der Waals surface area contributed by atoms with Gasteiger partial charge in [-0.05, 0) is 30.9 Å². The molecule has 116 valence electrons. The van der Waals surface area contributed by atoms with Crippen molar-refractivity contribution in [2.24, 2.45) is 5.92 Å². The maximum atomic E-state index is 12.4. The number of amides is 1. The number of alkyl halides is 1. The highest BCUT2D eigenvalue weighted by Gasteiger charge is 2.24. The molecule has 0 saturated heterocycles. The van der Waals surface area contributed by atoms with Crippen LogP contribution in [0.5, 0.6) is 11.5 Å². The average molecular weight is 356 g/mol. The third-order valence-corrected chi connectivity index (χ3v) is 5.19. The first-order valence-corrected chi connectivity index (χ1v) is 8.22. The molecule has 1 aliphatic carbocycles. The first-order valence-electron chi connectivity index (χ1n) is 7.30. The number of carbonyl (C=O) groups excluding carboxylic acids is 1. The standard InChI is InChI=1S/C16H22BrNO3/c1-20-14-9-5-7-12(15(14)21-2)16(19)18-10-11-6-3-4-8-13(11)17/h5,7,9,11,13H,3-4,6,8,10H2,1-2H3,(H,18,19). The lowest BCUT2D eigenvalue weighted by Gasteiger charge is -2.27. The summed E-state index contributed by atoms with van der Waals surface area (Å²) in [5.41, 5.74) is 0.513. The predicted molar refractivity (Wildman–Crippen MR) is 86.6 cm³/mol. The van der Waals surface area contributed by atoms with Crippen molar-refractivity contribution in [3.05, 3.63) is 23.8 Å². The van der Waals surface area contributed by atoms with Gasteiger partial charge >= 0.3 is 0 Å². The van der Waals surface area contributed by atoms with E-state index in [-0.39, 0.29) is 5.91 Å². The van der Waals surface area contributed by atoms with Gasteiger partial charge in [-0.2, -0.15) is 0 Å². The Bertz CT molecular complexity index is 492. The Kier molecular flexibility index (Phi) is 5.91. The Balaban J connectivity index is 2.03. The summed E-state index contributed by atoms with van der Waals surface area (Å²) in [7, 11) is 3.11. The summed E-state index contributed by atoms with van der Waals surface area (Å²) in [5.74, 6) is 1.44. The van der Waals surface area contributed by atoms with Gasteiger partial charge in [-0.3, -0.25) is 4.79 Å². The van der Waals surface area contributed by atoms with E-state index < -0.39 is 0 Å². The van der Waals surface area contributed by atoms with Crippen molar-refractivity contribution in [2.45, 2.75) is 30.5 Å². The van der Waals surface area contributed by atoms with Crippen LogP contribution < -0.4 is 14.8 Å². The van der Waals surface area contributed by atoms with E-state index in [0.29, 0.717) is 34.4 Å². The molecule has 0 bridgehead atoms. The summed E-state index contributed by atoms with van der Waals surface area (Å²) < 4.78 is 10.5. The second kappa shape index (κ2) is 7.69. The summed E-state index contributed by atoms with van der Waals surface area (Å²) in [6, 6.07) is 5.33. The van der Waals surface area contributed by atoms with Crippen LogP contribution in [0.15, 0.2) is 18.2 Å². The van der Waals surface area contributed by atoms with Crippen LogP contribution in [0.4, 0.5) is 0 Å². The smallest absolute Gasteiger partial charge is 0.255 e. The maximum Gasteiger partial charge on any atom is 0.255 e. The maximum absolute atomic E-state index is 12.4. The molecule has 2 unspecified atom stereocenters. The molecule has 1 saturated carbocycles. The van der Waals surface area contributed by atoms with Crippen LogP contribution >= 0.6 is 15.9 Å². The van der Waals surface area contributed by atoms with Gasteiger partial charge in [-0.15, -0.1) is 0 Å². The van der Waals surface area contributed by atoms with Crippen LogP contribution in [0, 0.1) is 5.92 Å². The molecular formula is C16H22BrNO3. The van der Waals surface area contributed by atoms with E-state index in [0.717, 1.165) is 6.42 Å². The van der Waals surface area contributed by atoms with Gasteiger partial charge in [-0.1, -0.05) is 34.8 Å². The molecule has 1 aromatic rings. The second-order valence-electron chi connectivity index (χ2n) is 5.31. The molecule has 0 spiro atoms. The lowest BCUT2D eigenvalue weighted by atomic mass is 9.89. The van der Waals surface area contributed by atoms with E-state index in [4.69, 9.17) is 9.47 Å². The number of ether oxygens (including phenoxy) is 2. The van der Waals surface area contributed by atoms with Crippen molar-refractivity contribution >= 4 is 21.8 Å². The summed E-state index contributed by atoms with van der Waals surface area (Å²) >= 11 is 3.72. The van der Waals surface area contributed by atoms with Crippen molar-refractivity contribution in [3.63, 3.8) is 0 Å². The molecule has 2 rings (SSSR count). The van der Waals surface area contributed by atoms with E-state index in [9.17, 15) is 4.79 Å². The predicted octanol–water partition coefficient (Wildman–Crippen LogP) is 3.39. The lowest BCUT2D eigenvalue weighted by Crippen LogP contribution is -2.34. The Hall–Kier alpha value is -1.23. The van der Waals surface area contributed by atoms with E-state index in [1.54, 1.807) is 32.4 Å². The van der Waals surface area contributed by atoms with Crippen LogP contribution in [0.2, 0.25) is 0 Å². The van der Waals surface area contributed by atoms with E-state index in [1.165, 1.54) is 19.3 Å². The fourth-order valence-corrected chi connectivity index (χ4v) is 3.55. The van der Waals surface area contributed by atoms with Gasteiger partial charge in [0.05, 0.1) is 19.8 Å². The molecule has 1 amide bonds. The van der Waals surface area contributed by atoms with Crippen LogP contribution in [0.1, 0.15) is 36.0 Å². The van der Waals surface area contributed by atoms with Crippen LogP contribution in [-0.4, -0.2) is 31.5 Å². The van der Waals surface area contributed by atoms with Gasteiger partial charge in [0.15, 0.2) is 11.5 Å². The zero-order valence-corrected chi connectivity index (χ0v) is 14.1. The van der Waals surface area contributed by atoms with Crippen molar-refractivity contribution in [1.29, 1.82) is 0 Å². The summed E-state index contributed by atoms with van der Waals surface area (Å²) in [4.78, 5) is 12.9. The Morgan fingerprint density at radius 3 is 2.71 bits per heavy atom. The molecule has 0 heterocycles. The molecule has 0 aliphatic heterocycles. The molecule has 2 atom stereocenters. The number of nitrogens with one attached hydrogen (secondary N) is 1. The molecular weight excluding hydrogens is 334 g/mol. The Labute approximate surface area is 134 Å². The number of methoxy groups -OCH3 is 2. The molecule has 0 radical (unpaired) electrons. The molecule has 0 aromatic heterocycles. The highest BCUT2D eigenvalue weighted by atomic mass is 79.9. The fraction of sp³-hybridized carbons (Fsp3) is 0.562. The average Bonchev–Trinajstić information content (AvgIpc) is 2.52. The number of para-hydroxylation sites is 1. The molecule has 5 heteroatoms. The lowest BCUT2D eigenvalue weighted by molar-refractivity contribution is 0.0941. The fourth-order valence-electron chi connectivity index (χ4n) is 2.78. The minimum Gasteiger partial charge on any atom is -0.493 e. The number of hydrogen-bond acceptors (Lipinski definition) is 3. The van der Waals surface area contributed by atoms with Gasteiger partial charge < -0.3 is 14.8 Å². The molecule has 1 aromatic carbocycles. The quantitative estimate of drug-likeness (QED) is 0.823.